The molecule has 98 valence electrons. The lowest BCUT2D eigenvalue weighted by Gasteiger charge is -2.17. The van der Waals surface area contributed by atoms with Crippen molar-refractivity contribution in [3.05, 3.63) is 47.8 Å². The summed E-state index contributed by atoms with van der Waals surface area (Å²) in [7, 11) is 0. The number of anilines is 2. The summed E-state index contributed by atoms with van der Waals surface area (Å²) in [6.07, 6.45) is 5.64. The number of hydrogen-bond acceptors (Lipinski definition) is 4. The van der Waals surface area contributed by atoms with Crippen molar-refractivity contribution in [1.29, 1.82) is 0 Å². The Morgan fingerprint density at radius 2 is 2.00 bits per heavy atom. The van der Waals surface area contributed by atoms with Crippen LogP contribution in [0.25, 0.3) is 0 Å². The Hall–Kier alpha value is -1.94. The number of aromatic nitrogens is 2. The maximum atomic E-state index is 5.78. The second-order valence-electron chi connectivity index (χ2n) is 5.10. The van der Waals surface area contributed by atoms with Gasteiger partial charge in [-0.15, -0.1) is 0 Å². The van der Waals surface area contributed by atoms with E-state index < -0.39 is 0 Å². The highest BCUT2D eigenvalue weighted by molar-refractivity contribution is 5.65. The average molecular weight is 254 g/mol. The monoisotopic (exact) mass is 254 g/mol. The Balaban J connectivity index is 1.84. The SMILES string of the molecule is CC(N)Cc1cnc(N2CCc3ccccc32)nc1. The Morgan fingerprint density at radius 3 is 2.74 bits per heavy atom. The molecule has 4 nitrogen and oxygen atoms in total. The predicted octanol–water partition coefficient (Wildman–Crippen LogP) is 2.06. The van der Waals surface area contributed by atoms with Crippen molar-refractivity contribution in [1.82, 2.24) is 9.97 Å². The number of benzene rings is 1. The minimum Gasteiger partial charge on any atom is -0.328 e. The molecule has 2 aromatic rings. The van der Waals surface area contributed by atoms with Crippen LogP contribution < -0.4 is 10.6 Å². The molecule has 0 saturated carbocycles. The highest BCUT2D eigenvalue weighted by Crippen LogP contribution is 2.31. The van der Waals surface area contributed by atoms with E-state index in [1.165, 1.54) is 11.3 Å². The van der Waals surface area contributed by atoms with Gasteiger partial charge in [-0.25, -0.2) is 9.97 Å². The Bertz CT molecular complexity index is 563. The molecule has 19 heavy (non-hydrogen) atoms. The van der Waals surface area contributed by atoms with Gasteiger partial charge in [-0.05, 0) is 37.0 Å². The second kappa shape index (κ2) is 4.97. The van der Waals surface area contributed by atoms with Crippen LogP contribution in [0, 0.1) is 0 Å². The minimum atomic E-state index is 0.141. The molecule has 2 N–H and O–H groups in total. The summed E-state index contributed by atoms with van der Waals surface area (Å²) in [4.78, 5) is 11.1. The van der Waals surface area contributed by atoms with Gasteiger partial charge in [0.15, 0.2) is 0 Å². The molecule has 0 saturated heterocycles. The standard InChI is InChI=1S/C15H18N4/c1-11(16)8-12-9-17-15(18-10-12)19-7-6-13-4-2-3-5-14(13)19/h2-5,9-11H,6-8,16H2,1H3. The summed E-state index contributed by atoms with van der Waals surface area (Å²) < 4.78 is 0. The summed E-state index contributed by atoms with van der Waals surface area (Å²) in [6, 6.07) is 8.57. The molecule has 1 aromatic heterocycles. The van der Waals surface area contributed by atoms with Gasteiger partial charge in [-0.2, -0.15) is 0 Å². The molecule has 1 atom stereocenters. The third-order valence-corrected chi connectivity index (χ3v) is 3.38. The van der Waals surface area contributed by atoms with Crippen molar-refractivity contribution in [2.45, 2.75) is 25.8 Å². The van der Waals surface area contributed by atoms with E-state index in [-0.39, 0.29) is 6.04 Å². The first-order valence-electron chi connectivity index (χ1n) is 6.66. The molecule has 0 radical (unpaired) electrons. The minimum absolute atomic E-state index is 0.141. The van der Waals surface area contributed by atoms with Gasteiger partial charge >= 0.3 is 0 Å². The van der Waals surface area contributed by atoms with Crippen molar-refractivity contribution < 1.29 is 0 Å². The fourth-order valence-corrected chi connectivity index (χ4v) is 2.51. The molecule has 1 unspecified atom stereocenters. The third-order valence-electron chi connectivity index (χ3n) is 3.38. The van der Waals surface area contributed by atoms with E-state index in [4.69, 9.17) is 5.73 Å². The zero-order chi connectivity index (χ0) is 13.2. The van der Waals surface area contributed by atoms with E-state index in [1.54, 1.807) is 0 Å². The molecule has 3 rings (SSSR count). The summed E-state index contributed by atoms with van der Waals surface area (Å²) in [6.45, 7) is 2.94. The number of nitrogens with zero attached hydrogens (tertiary/aromatic N) is 3. The van der Waals surface area contributed by atoms with Gasteiger partial charge in [0, 0.05) is 30.7 Å². The van der Waals surface area contributed by atoms with E-state index in [9.17, 15) is 0 Å². The molecule has 1 aromatic carbocycles. The van der Waals surface area contributed by atoms with Crippen LogP contribution in [-0.2, 0) is 12.8 Å². The van der Waals surface area contributed by atoms with Gasteiger partial charge in [-0.1, -0.05) is 18.2 Å². The van der Waals surface area contributed by atoms with Gasteiger partial charge in [-0.3, -0.25) is 0 Å². The lowest BCUT2D eigenvalue weighted by Crippen LogP contribution is -2.19. The molecule has 1 aliphatic rings. The average Bonchev–Trinajstić information content (AvgIpc) is 2.83. The molecule has 1 aliphatic heterocycles. The first kappa shape index (κ1) is 12.1. The smallest absolute Gasteiger partial charge is 0.229 e. The zero-order valence-corrected chi connectivity index (χ0v) is 11.1. The van der Waals surface area contributed by atoms with Crippen LogP contribution in [0.3, 0.4) is 0 Å². The van der Waals surface area contributed by atoms with Crippen LogP contribution in [0.15, 0.2) is 36.7 Å². The molecule has 0 fully saturated rings. The molecule has 0 aliphatic carbocycles. The predicted molar refractivity (Wildman–Crippen MR) is 76.5 cm³/mol. The fourth-order valence-electron chi connectivity index (χ4n) is 2.51. The van der Waals surface area contributed by atoms with Crippen LogP contribution in [0.5, 0.6) is 0 Å². The summed E-state index contributed by atoms with van der Waals surface area (Å²) >= 11 is 0. The van der Waals surface area contributed by atoms with Crippen molar-refractivity contribution in [2.75, 3.05) is 11.4 Å². The van der Waals surface area contributed by atoms with Gasteiger partial charge in [0.1, 0.15) is 0 Å². The Morgan fingerprint density at radius 1 is 1.26 bits per heavy atom. The van der Waals surface area contributed by atoms with Crippen LogP contribution in [-0.4, -0.2) is 22.6 Å². The lowest BCUT2D eigenvalue weighted by atomic mass is 10.1. The van der Waals surface area contributed by atoms with Gasteiger partial charge < -0.3 is 10.6 Å². The van der Waals surface area contributed by atoms with E-state index >= 15 is 0 Å². The van der Waals surface area contributed by atoms with E-state index in [2.05, 4.69) is 39.1 Å². The number of hydrogen-bond donors (Lipinski definition) is 1. The molecule has 0 spiro atoms. The number of para-hydroxylation sites is 1. The van der Waals surface area contributed by atoms with Crippen LogP contribution >= 0.6 is 0 Å². The molecule has 0 bridgehead atoms. The van der Waals surface area contributed by atoms with E-state index in [0.717, 1.165) is 30.9 Å². The van der Waals surface area contributed by atoms with Crippen molar-refractivity contribution >= 4 is 11.6 Å². The molecule has 0 amide bonds. The van der Waals surface area contributed by atoms with Crippen LogP contribution in [0.2, 0.25) is 0 Å². The van der Waals surface area contributed by atoms with E-state index in [1.807, 2.05) is 19.3 Å². The van der Waals surface area contributed by atoms with Crippen molar-refractivity contribution in [2.24, 2.45) is 5.73 Å². The largest absolute Gasteiger partial charge is 0.328 e. The highest BCUT2D eigenvalue weighted by Gasteiger charge is 2.21. The number of fused-ring (bicyclic) bond motifs is 1. The Labute approximate surface area is 113 Å². The Kier molecular flexibility index (Phi) is 3.17. The van der Waals surface area contributed by atoms with Crippen LogP contribution in [0.4, 0.5) is 11.6 Å². The normalized spacial score (nSPS) is 15.4. The molecule has 2 heterocycles. The fraction of sp³-hybridized carbons (Fsp3) is 0.333. The highest BCUT2D eigenvalue weighted by atomic mass is 15.3. The molecular formula is C15H18N4. The van der Waals surface area contributed by atoms with Gasteiger partial charge in [0.05, 0.1) is 0 Å². The van der Waals surface area contributed by atoms with Crippen molar-refractivity contribution in [3.63, 3.8) is 0 Å². The molecule has 4 heteroatoms. The first-order valence-corrected chi connectivity index (χ1v) is 6.66. The quantitative estimate of drug-likeness (QED) is 0.911. The van der Waals surface area contributed by atoms with Crippen molar-refractivity contribution in [3.8, 4) is 0 Å². The lowest BCUT2D eigenvalue weighted by molar-refractivity contribution is 0.731. The summed E-state index contributed by atoms with van der Waals surface area (Å²) in [5.41, 5.74) is 9.46. The maximum Gasteiger partial charge on any atom is 0.229 e. The zero-order valence-electron chi connectivity index (χ0n) is 11.1. The molecular weight excluding hydrogens is 236 g/mol. The number of rotatable bonds is 3. The third kappa shape index (κ3) is 2.44. The van der Waals surface area contributed by atoms with Gasteiger partial charge in [0.25, 0.3) is 0 Å². The first-order chi connectivity index (χ1) is 9.24. The maximum absolute atomic E-state index is 5.78. The van der Waals surface area contributed by atoms with E-state index in [0.29, 0.717) is 0 Å². The second-order valence-corrected chi connectivity index (χ2v) is 5.10. The van der Waals surface area contributed by atoms with Crippen LogP contribution in [0.1, 0.15) is 18.1 Å². The summed E-state index contributed by atoms with van der Waals surface area (Å²) in [5.74, 6) is 0.776. The topological polar surface area (TPSA) is 55.0 Å². The summed E-state index contributed by atoms with van der Waals surface area (Å²) in [5, 5.41) is 0. The van der Waals surface area contributed by atoms with Gasteiger partial charge in [0.2, 0.25) is 5.95 Å². The number of nitrogens with two attached hydrogens (primary N) is 1.